The van der Waals surface area contributed by atoms with Crippen molar-refractivity contribution >= 4 is 10.8 Å². The first-order valence-electron chi connectivity index (χ1n) is 7.78. The fourth-order valence-electron chi connectivity index (χ4n) is 3.09. The third-order valence-electron chi connectivity index (χ3n) is 4.19. The van der Waals surface area contributed by atoms with Gasteiger partial charge in [0.15, 0.2) is 0 Å². The van der Waals surface area contributed by atoms with Gasteiger partial charge in [-0.15, -0.1) is 0 Å². The second-order valence-corrected chi connectivity index (χ2v) is 7.07. The van der Waals surface area contributed by atoms with Crippen molar-refractivity contribution in [3.63, 3.8) is 0 Å². The van der Waals surface area contributed by atoms with Gasteiger partial charge in [-0.3, -0.25) is 4.79 Å². The molecule has 0 radical (unpaired) electrons. The molecule has 0 N–H and O–H groups in total. The van der Waals surface area contributed by atoms with Crippen LogP contribution in [-0.2, 0) is 12.5 Å². The Morgan fingerprint density at radius 1 is 0.958 bits per heavy atom. The Morgan fingerprint density at radius 2 is 1.50 bits per heavy atom. The fourth-order valence-corrected chi connectivity index (χ4v) is 3.09. The van der Waals surface area contributed by atoms with E-state index in [-0.39, 0.29) is 11.1 Å². The molecule has 0 atom stereocenters. The number of halogens is 2. The summed E-state index contributed by atoms with van der Waals surface area (Å²) in [5.74, 6) is -1.15. The van der Waals surface area contributed by atoms with Crippen LogP contribution in [0.15, 0.2) is 47.4 Å². The van der Waals surface area contributed by atoms with E-state index < -0.39 is 17.0 Å². The SMILES string of the molecule is Cn1cc(-c2cc(F)c(C(C)(C)C)c(F)c2)c2ccccc2c1=O. The predicted octanol–water partition coefficient (Wildman–Crippen LogP) is 4.78. The molecule has 1 aromatic heterocycles. The summed E-state index contributed by atoms with van der Waals surface area (Å²) in [5.41, 5.74) is 0.357. The zero-order chi connectivity index (χ0) is 17.6. The monoisotopic (exact) mass is 327 g/mol. The molecule has 0 saturated heterocycles. The van der Waals surface area contributed by atoms with E-state index >= 15 is 0 Å². The molecule has 2 nitrogen and oxygen atoms in total. The van der Waals surface area contributed by atoms with Gasteiger partial charge >= 0.3 is 0 Å². The van der Waals surface area contributed by atoms with Crippen molar-refractivity contribution in [3.8, 4) is 11.1 Å². The number of aromatic nitrogens is 1. The van der Waals surface area contributed by atoms with E-state index in [0.29, 0.717) is 21.9 Å². The Bertz CT molecular complexity index is 974. The molecule has 0 aliphatic rings. The van der Waals surface area contributed by atoms with Gasteiger partial charge in [-0.2, -0.15) is 0 Å². The molecule has 2 aromatic carbocycles. The van der Waals surface area contributed by atoms with Crippen molar-refractivity contribution in [2.45, 2.75) is 26.2 Å². The highest BCUT2D eigenvalue weighted by atomic mass is 19.1. The Hall–Kier alpha value is -2.49. The van der Waals surface area contributed by atoms with E-state index in [4.69, 9.17) is 0 Å². The summed E-state index contributed by atoms with van der Waals surface area (Å²) in [6.45, 7) is 5.32. The second kappa shape index (κ2) is 5.55. The van der Waals surface area contributed by atoms with E-state index in [1.807, 2.05) is 6.07 Å². The van der Waals surface area contributed by atoms with Crippen molar-refractivity contribution < 1.29 is 8.78 Å². The van der Waals surface area contributed by atoms with Crippen LogP contribution in [0, 0.1) is 11.6 Å². The first-order chi connectivity index (χ1) is 11.2. The first kappa shape index (κ1) is 16.4. The maximum absolute atomic E-state index is 14.6. The molecule has 0 aliphatic heterocycles. The number of benzene rings is 2. The molecule has 3 rings (SSSR count). The molecule has 0 amide bonds. The first-order valence-corrected chi connectivity index (χ1v) is 7.78. The average molecular weight is 327 g/mol. The highest BCUT2D eigenvalue weighted by molar-refractivity contribution is 5.95. The maximum Gasteiger partial charge on any atom is 0.258 e. The Balaban J connectivity index is 2.34. The summed E-state index contributed by atoms with van der Waals surface area (Å²) in [6, 6.07) is 9.78. The van der Waals surface area contributed by atoms with Crippen LogP contribution in [0.2, 0.25) is 0 Å². The van der Waals surface area contributed by atoms with Gasteiger partial charge in [-0.1, -0.05) is 39.0 Å². The van der Waals surface area contributed by atoms with Gasteiger partial charge in [0.2, 0.25) is 0 Å². The van der Waals surface area contributed by atoms with E-state index in [1.165, 1.54) is 16.7 Å². The fraction of sp³-hybridized carbons (Fsp3) is 0.250. The third-order valence-corrected chi connectivity index (χ3v) is 4.19. The lowest BCUT2D eigenvalue weighted by atomic mass is 9.85. The van der Waals surface area contributed by atoms with Crippen LogP contribution in [0.3, 0.4) is 0 Å². The summed E-state index contributed by atoms with van der Waals surface area (Å²) >= 11 is 0. The van der Waals surface area contributed by atoms with Crippen LogP contribution < -0.4 is 5.56 Å². The van der Waals surface area contributed by atoms with E-state index in [2.05, 4.69) is 0 Å². The highest BCUT2D eigenvalue weighted by Crippen LogP contribution is 2.33. The maximum atomic E-state index is 14.6. The van der Waals surface area contributed by atoms with Crippen LogP contribution in [0.4, 0.5) is 8.78 Å². The number of hydrogen-bond donors (Lipinski definition) is 0. The van der Waals surface area contributed by atoms with Gasteiger partial charge in [0.05, 0.1) is 0 Å². The van der Waals surface area contributed by atoms with Gasteiger partial charge in [-0.05, 0) is 34.6 Å². The lowest BCUT2D eigenvalue weighted by Crippen LogP contribution is -2.17. The number of rotatable bonds is 1. The zero-order valence-corrected chi connectivity index (χ0v) is 14.2. The van der Waals surface area contributed by atoms with Gasteiger partial charge in [-0.25, -0.2) is 8.78 Å². The normalized spacial score (nSPS) is 11.9. The van der Waals surface area contributed by atoms with Crippen molar-refractivity contribution in [2.75, 3.05) is 0 Å². The van der Waals surface area contributed by atoms with Crippen molar-refractivity contribution in [2.24, 2.45) is 7.05 Å². The molecule has 0 saturated carbocycles. The molecule has 0 spiro atoms. The molecule has 0 bridgehead atoms. The zero-order valence-electron chi connectivity index (χ0n) is 14.2. The van der Waals surface area contributed by atoms with Crippen LogP contribution in [0.5, 0.6) is 0 Å². The Kier molecular flexibility index (Phi) is 3.78. The smallest absolute Gasteiger partial charge is 0.258 e. The molecule has 0 aliphatic carbocycles. The molecule has 0 unspecified atom stereocenters. The summed E-state index contributed by atoms with van der Waals surface area (Å²) in [4.78, 5) is 12.2. The third kappa shape index (κ3) is 2.62. The van der Waals surface area contributed by atoms with E-state index in [0.717, 1.165) is 0 Å². The summed E-state index contributed by atoms with van der Waals surface area (Å²) in [5, 5.41) is 1.21. The van der Waals surface area contributed by atoms with Gasteiger partial charge in [0.25, 0.3) is 5.56 Å². The van der Waals surface area contributed by atoms with Gasteiger partial charge in [0, 0.05) is 29.8 Å². The number of pyridine rings is 1. The topological polar surface area (TPSA) is 22.0 Å². The largest absolute Gasteiger partial charge is 0.317 e. The van der Waals surface area contributed by atoms with Crippen molar-refractivity contribution in [1.29, 1.82) is 0 Å². The highest BCUT2D eigenvalue weighted by Gasteiger charge is 2.24. The Labute approximate surface area is 139 Å². The summed E-state index contributed by atoms with van der Waals surface area (Å²) in [7, 11) is 1.63. The molecular weight excluding hydrogens is 308 g/mol. The van der Waals surface area contributed by atoms with Gasteiger partial charge < -0.3 is 4.57 Å². The predicted molar refractivity (Wildman–Crippen MR) is 93.2 cm³/mol. The van der Waals surface area contributed by atoms with Crippen LogP contribution in [0.1, 0.15) is 26.3 Å². The van der Waals surface area contributed by atoms with E-state index in [1.54, 1.807) is 52.2 Å². The standard InChI is InChI=1S/C20H19F2NO/c1-20(2,3)18-16(21)9-12(10-17(18)22)15-11-23(4)19(24)14-8-6-5-7-13(14)15/h5-11H,1-4H3. The summed E-state index contributed by atoms with van der Waals surface area (Å²) < 4.78 is 30.6. The average Bonchev–Trinajstić information content (AvgIpc) is 2.48. The van der Waals surface area contributed by atoms with Crippen molar-refractivity contribution in [3.05, 3.63) is 70.1 Å². The molecule has 24 heavy (non-hydrogen) atoms. The molecule has 0 fully saturated rings. The molecule has 124 valence electrons. The molecule has 1 heterocycles. The lowest BCUT2D eigenvalue weighted by Gasteiger charge is -2.21. The number of aryl methyl sites for hydroxylation is 1. The van der Waals surface area contributed by atoms with Crippen molar-refractivity contribution in [1.82, 2.24) is 4.57 Å². The number of nitrogens with zero attached hydrogens (tertiary/aromatic N) is 1. The number of fused-ring (bicyclic) bond motifs is 1. The quantitative estimate of drug-likeness (QED) is 0.630. The number of hydrogen-bond acceptors (Lipinski definition) is 1. The summed E-state index contributed by atoms with van der Waals surface area (Å²) in [6.07, 6.45) is 1.62. The molecular formula is C20H19F2NO. The van der Waals surface area contributed by atoms with Crippen LogP contribution in [-0.4, -0.2) is 4.57 Å². The minimum Gasteiger partial charge on any atom is -0.317 e. The van der Waals surface area contributed by atoms with Gasteiger partial charge in [0.1, 0.15) is 11.6 Å². The van der Waals surface area contributed by atoms with Crippen LogP contribution in [0.25, 0.3) is 21.9 Å². The minimum absolute atomic E-state index is 0.0698. The molecule has 4 heteroatoms. The van der Waals surface area contributed by atoms with E-state index in [9.17, 15) is 13.6 Å². The lowest BCUT2D eigenvalue weighted by molar-refractivity contribution is 0.476. The molecule has 3 aromatic rings. The van der Waals surface area contributed by atoms with Crippen LogP contribution >= 0.6 is 0 Å². The second-order valence-electron chi connectivity index (χ2n) is 7.07. The Morgan fingerprint density at radius 3 is 2.04 bits per heavy atom. The minimum atomic E-state index is -0.627.